The quantitative estimate of drug-likeness (QED) is 0.579. The minimum atomic E-state index is 0.352. The van der Waals surface area contributed by atoms with Crippen molar-refractivity contribution in [2.75, 3.05) is 6.54 Å². The van der Waals surface area contributed by atoms with Crippen molar-refractivity contribution < 1.29 is 0 Å². The Labute approximate surface area is 77.9 Å². The van der Waals surface area contributed by atoms with Gasteiger partial charge < -0.3 is 5.32 Å². The summed E-state index contributed by atoms with van der Waals surface area (Å²) in [4.78, 5) is 0. The van der Waals surface area contributed by atoms with Crippen LogP contribution in [-0.4, -0.2) is 12.1 Å². The summed E-state index contributed by atoms with van der Waals surface area (Å²) in [5.41, 5.74) is 0.352. The van der Waals surface area contributed by atoms with Crippen molar-refractivity contribution in [2.45, 2.75) is 65.3 Å². The lowest BCUT2D eigenvalue weighted by Gasteiger charge is -2.26. The molecule has 1 nitrogen and oxygen atoms in total. The average Bonchev–Trinajstić information content (AvgIpc) is 2.01. The van der Waals surface area contributed by atoms with Gasteiger partial charge in [0.1, 0.15) is 0 Å². The van der Waals surface area contributed by atoms with Crippen LogP contribution >= 0.6 is 0 Å². The van der Waals surface area contributed by atoms with Crippen LogP contribution in [0.25, 0.3) is 0 Å². The molecule has 0 fully saturated rings. The summed E-state index contributed by atoms with van der Waals surface area (Å²) in [5, 5.41) is 3.57. The second kappa shape index (κ2) is 6.47. The molecule has 0 radical (unpaired) electrons. The molecule has 0 bridgehead atoms. The molecular formula is C11H25N. The van der Waals surface area contributed by atoms with Gasteiger partial charge in [-0.25, -0.2) is 0 Å². The molecular weight excluding hydrogens is 146 g/mol. The minimum Gasteiger partial charge on any atom is -0.312 e. The van der Waals surface area contributed by atoms with E-state index in [9.17, 15) is 0 Å². The fourth-order valence-electron chi connectivity index (χ4n) is 1.37. The summed E-state index contributed by atoms with van der Waals surface area (Å²) >= 11 is 0. The van der Waals surface area contributed by atoms with Gasteiger partial charge in [0.25, 0.3) is 0 Å². The molecule has 12 heavy (non-hydrogen) atoms. The van der Waals surface area contributed by atoms with Gasteiger partial charge in [-0.1, -0.05) is 33.1 Å². The minimum absolute atomic E-state index is 0.352. The highest BCUT2D eigenvalue weighted by Crippen LogP contribution is 2.13. The maximum atomic E-state index is 3.57. The third-order valence-electron chi connectivity index (χ3n) is 2.26. The Bertz CT molecular complexity index is 97.2. The lowest BCUT2D eigenvalue weighted by molar-refractivity contribution is 0.350. The molecule has 0 unspecified atom stereocenters. The lowest BCUT2D eigenvalue weighted by Crippen LogP contribution is -2.39. The van der Waals surface area contributed by atoms with Crippen LogP contribution in [0.5, 0.6) is 0 Å². The molecule has 0 amide bonds. The Morgan fingerprint density at radius 2 is 1.67 bits per heavy atom. The molecule has 0 saturated heterocycles. The normalized spacial score (nSPS) is 12.0. The summed E-state index contributed by atoms with van der Waals surface area (Å²) in [5.74, 6) is 0. The van der Waals surface area contributed by atoms with Crippen molar-refractivity contribution >= 4 is 0 Å². The van der Waals surface area contributed by atoms with Crippen LogP contribution < -0.4 is 5.32 Å². The van der Waals surface area contributed by atoms with Gasteiger partial charge in [0.05, 0.1) is 0 Å². The molecule has 0 rings (SSSR count). The van der Waals surface area contributed by atoms with E-state index in [1.165, 1.54) is 32.1 Å². The van der Waals surface area contributed by atoms with E-state index in [0.29, 0.717) is 5.54 Å². The standard InChI is InChI=1S/C11H25N/c1-5-7-8-9-11(3,4)12-10-6-2/h12H,5-10H2,1-4H3. The third-order valence-corrected chi connectivity index (χ3v) is 2.26. The van der Waals surface area contributed by atoms with Gasteiger partial charge in [0.2, 0.25) is 0 Å². The molecule has 0 heterocycles. The first kappa shape index (κ1) is 12.0. The third kappa shape index (κ3) is 6.66. The van der Waals surface area contributed by atoms with E-state index in [1.54, 1.807) is 0 Å². The summed E-state index contributed by atoms with van der Waals surface area (Å²) in [6, 6.07) is 0. The van der Waals surface area contributed by atoms with Crippen molar-refractivity contribution in [1.82, 2.24) is 5.32 Å². The van der Waals surface area contributed by atoms with Gasteiger partial charge in [0.15, 0.2) is 0 Å². The van der Waals surface area contributed by atoms with Crippen LogP contribution in [0, 0.1) is 0 Å². The predicted molar refractivity (Wildman–Crippen MR) is 56.5 cm³/mol. The zero-order valence-electron chi connectivity index (χ0n) is 9.24. The average molecular weight is 171 g/mol. The summed E-state index contributed by atoms with van der Waals surface area (Å²) in [6.45, 7) is 10.2. The van der Waals surface area contributed by atoms with E-state index in [1.807, 2.05) is 0 Å². The first-order valence-electron chi connectivity index (χ1n) is 5.37. The fraction of sp³-hybridized carbons (Fsp3) is 1.00. The number of hydrogen-bond acceptors (Lipinski definition) is 1. The Morgan fingerprint density at radius 3 is 2.17 bits per heavy atom. The van der Waals surface area contributed by atoms with Crippen LogP contribution in [0.1, 0.15) is 59.8 Å². The molecule has 1 heteroatoms. The van der Waals surface area contributed by atoms with Crippen molar-refractivity contribution in [3.63, 3.8) is 0 Å². The number of nitrogens with one attached hydrogen (secondary N) is 1. The molecule has 74 valence electrons. The number of rotatable bonds is 7. The molecule has 0 aromatic heterocycles. The van der Waals surface area contributed by atoms with Crippen molar-refractivity contribution in [2.24, 2.45) is 0 Å². The Kier molecular flexibility index (Phi) is 6.45. The van der Waals surface area contributed by atoms with Gasteiger partial charge in [-0.2, -0.15) is 0 Å². The first-order valence-corrected chi connectivity index (χ1v) is 5.37. The SMILES string of the molecule is CCCCCC(C)(C)NCCC. The van der Waals surface area contributed by atoms with E-state index in [4.69, 9.17) is 0 Å². The zero-order chi connectivity index (χ0) is 9.45. The largest absolute Gasteiger partial charge is 0.312 e. The van der Waals surface area contributed by atoms with Crippen LogP contribution in [-0.2, 0) is 0 Å². The van der Waals surface area contributed by atoms with Crippen molar-refractivity contribution in [3.05, 3.63) is 0 Å². The predicted octanol–water partition coefficient (Wildman–Crippen LogP) is 3.34. The smallest absolute Gasteiger partial charge is 0.0125 e. The molecule has 0 aliphatic carbocycles. The van der Waals surface area contributed by atoms with Gasteiger partial charge in [-0.15, -0.1) is 0 Å². The van der Waals surface area contributed by atoms with E-state index in [-0.39, 0.29) is 0 Å². The molecule has 0 aliphatic rings. The van der Waals surface area contributed by atoms with E-state index < -0.39 is 0 Å². The molecule has 0 atom stereocenters. The van der Waals surface area contributed by atoms with Crippen LogP contribution in [0.2, 0.25) is 0 Å². The Morgan fingerprint density at radius 1 is 1.00 bits per heavy atom. The molecule has 0 aliphatic heterocycles. The van der Waals surface area contributed by atoms with E-state index >= 15 is 0 Å². The molecule has 0 aromatic rings. The highest BCUT2D eigenvalue weighted by Gasteiger charge is 2.14. The topological polar surface area (TPSA) is 12.0 Å². The van der Waals surface area contributed by atoms with Gasteiger partial charge in [-0.05, 0) is 33.2 Å². The van der Waals surface area contributed by atoms with Crippen molar-refractivity contribution in [1.29, 1.82) is 0 Å². The monoisotopic (exact) mass is 171 g/mol. The van der Waals surface area contributed by atoms with Crippen LogP contribution in [0.3, 0.4) is 0 Å². The van der Waals surface area contributed by atoms with Gasteiger partial charge >= 0.3 is 0 Å². The molecule has 0 spiro atoms. The summed E-state index contributed by atoms with van der Waals surface area (Å²) < 4.78 is 0. The number of unbranched alkanes of at least 4 members (excludes halogenated alkanes) is 2. The second-order valence-corrected chi connectivity index (χ2v) is 4.27. The Balaban J connectivity index is 3.42. The summed E-state index contributed by atoms with van der Waals surface area (Å²) in [6.07, 6.45) is 6.60. The van der Waals surface area contributed by atoms with Crippen LogP contribution in [0.15, 0.2) is 0 Å². The maximum absolute atomic E-state index is 3.57. The second-order valence-electron chi connectivity index (χ2n) is 4.27. The highest BCUT2D eigenvalue weighted by molar-refractivity contribution is 4.76. The van der Waals surface area contributed by atoms with Crippen LogP contribution in [0.4, 0.5) is 0 Å². The lowest BCUT2D eigenvalue weighted by atomic mass is 9.97. The Hall–Kier alpha value is -0.0400. The highest BCUT2D eigenvalue weighted by atomic mass is 14.9. The summed E-state index contributed by atoms with van der Waals surface area (Å²) in [7, 11) is 0. The van der Waals surface area contributed by atoms with Crippen molar-refractivity contribution in [3.8, 4) is 0 Å². The maximum Gasteiger partial charge on any atom is 0.0125 e. The number of hydrogen-bond donors (Lipinski definition) is 1. The van der Waals surface area contributed by atoms with Gasteiger partial charge in [-0.3, -0.25) is 0 Å². The zero-order valence-corrected chi connectivity index (χ0v) is 9.24. The van der Waals surface area contributed by atoms with Gasteiger partial charge in [0, 0.05) is 5.54 Å². The van der Waals surface area contributed by atoms with E-state index in [2.05, 4.69) is 33.0 Å². The molecule has 0 aromatic carbocycles. The molecule has 1 N–H and O–H groups in total. The van der Waals surface area contributed by atoms with E-state index in [0.717, 1.165) is 6.54 Å². The first-order chi connectivity index (χ1) is 5.62. The fourth-order valence-corrected chi connectivity index (χ4v) is 1.37. The molecule has 0 saturated carbocycles.